The fourth-order valence-electron chi connectivity index (χ4n) is 5.69. The standard InChI is InChI=1S/C25H32F4O2/c1-2-3-4-16-5-7-17(8-6-16)18-9-11-19(12-10-18)23(26)24(27)20-13-14-21-22(15-20)31-25(28,29)30-21/h13-19H,2-12H2,1H3/b24-23+. The second kappa shape index (κ2) is 9.41. The van der Waals surface area contributed by atoms with Gasteiger partial charge in [-0.15, -0.1) is 8.78 Å². The summed E-state index contributed by atoms with van der Waals surface area (Å²) in [5.41, 5.74) is -0.0925. The number of rotatable bonds is 6. The lowest BCUT2D eigenvalue weighted by atomic mass is 9.68. The molecule has 0 N–H and O–H groups in total. The van der Waals surface area contributed by atoms with Crippen LogP contribution in [-0.2, 0) is 0 Å². The lowest BCUT2D eigenvalue weighted by Gasteiger charge is -2.37. The van der Waals surface area contributed by atoms with Crippen molar-refractivity contribution in [1.29, 1.82) is 0 Å². The fourth-order valence-corrected chi connectivity index (χ4v) is 5.69. The van der Waals surface area contributed by atoms with E-state index in [1.165, 1.54) is 57.1 Å². The first-order chi connectivity index (χ1) is 14.9. The summed E-state index contributed by atoms with van der Waals surface area (Å²) in [6.45, 7) is 2.24. The maximum Gasteiger partial charge on any atom is 0.586 e. The van der Waals surface area contributed by atoms with Crippen LogP contribution in [0.1, 0.15) is 83.1 Å². The molecule has 1 aromatic rings. The van der Waals surface area contributed by atoms with Crippen LogP contribution >= 0.6 is 0 Å². The normalized spacial score (nSPS) is 30.7. The molecule has 2 fully saturated rings. The van der Waals surface area contributed by atoms with Crippen LogP contribution in [0.15, 0.2) is 24.0 Å². The van der Waals surface area contributed by atoms with Crippen molar-refractivity contribution in [3.63, 3.8) is 0 Å². The van der Waals surface area contributed by atoms with Crippen molar-refractivity contribution < 1.29 is 27.0 Å². The lowest BCUT2D eigenvalue weighted by Crippen LogP contribution is -2.26. The zero-order chi connectivity index (χ0) is 22.0. The third-order valence-corrected chi connectivity index (χ3v) is 7.52. The minimum absolute atomic E-state index is 0.0925. The Morgan fingerprint density at radius 2 is 1.52 bits per heavy atom. The maximum absolute atomic E-state index is 14.9. The van der Waals surface area contributed by atoms with Crippen molar-refractivity contribution in [1.82, 2.24) is 0 Å². The molecule has 0 aromatic heterocycles. The van der Waals surface area contributed by atoms with Gasteiger partial charge in [0.05, 0.1) is 0 Å². The number of hydrogen-bond donors (Lipinski definition) is 0. The van der Waals surface area contributed by atoms with Crippen molar-refractivity contribution in [2.75, 3.05) is 0 Å². The summed E-state index contributed by atoms with van der Waals surface area (Å²) in [5.74, 6) is -0.421. The highest BCUT2D eigenvalue weighted by atomic mass is 19.3. The first-order valence-corrected chi connectivity index (χ1v) is 11.8. The van der Waals surface area contributed by atoms with E-state index in [4.69, 9.17) is 0 Å². The molecule has 0 saturated heterocycles. The third kappa shape index (κ3) is 5.20. The van der Waals surface area contributed by atoms with Crippen molar-refractivity contribution in [2.24, 2.45) is 23.7 Å². The van der Waals surface area contributed by atoms with E-state index >= 15 is 0 Å². The zero-order valence-corrected chi connectivity index (χ0v) is 18.1. The number of alkyl halides is 2. The van der Waals surface area contributed by atoms with Crippen molar-refractivity contribution in [3.8, 4) is 11.5 Å². The Morgan fingerprint density at radius 3 is 2.16 bits per heavy atom. The van der Waals surface area contributed by atoms with Gasteiger partial charge in [-0.2, -0.15) is 0 Å². The van der Waals surface area contributed by atoms with Gasteiger partial charge < -0.3 is 9.47 Å². The Hall–Kier alpha value is -1.72. The molecule has 2 saturated carbocycles. The molecule has 6 heteroatoms. The predicted molar refractivity (Wildman–Crippen MR) is 112 cm³/mol. The molecular formula is C25H32F4O2. The number of benzene rings is 1. The van der Waals surface area contributed by atoms with E-state index < -0.39 is 23.9 Å². The molecule has 1 heterocycles. The highest BCUT2D eigenvalue weighted by molar-refractivity contribution is 5.65. The van der Waals surface area contributed by atoms with Gasteiger partial charge in [0.2, 0.25) is 0 Å². The van der Waals surface area contributed by atoms with Crippen LogP contribution in [0.4, 0.5) is 17.6 Å². The van der Waals surface area contributed by atoms with Gasteiger partial charge in [-0.1, -0.05) is 39.0 Å². The van der Waals surface area contributed by atoms with E-state index in [-0.39, 0.29) is 17.1 Å². The average Bonchev–Trinajstić information content (AvgIpc) is 3.10. The molecule has 0 amide bonds. The molecule has 31 heavy (non-hydrogen) atoms. The van der Waals surface area contributed by atoms with Gasteiger partial charge in [0, 0.05) is 11.5 Å². The van der Waals surface area contributed by atoms with Crippen LogP contribution in [0, 0.1) is 23.7 Å². The molecule has 0 unspecified atom stereocenters. The predicted octanol–water partition coefficient (Wildman–Crippen LogP) is 8.42. The summed E-state index contributed by atoms with van der Waals surface area (Å²) in [6, 6.07) is 3.51. The smallest absolute Gasteiger partial charge is 0.395 e. The Bertz CT molecular complexity index is 791. The fraction of sp³-hybridized carbons (Fsp3) is 0.680. The van der Waals surface area contributed by atoms with E-state index in [1.54, 1.807) is 0 Å². The van der Waals surface area contributed by atoms with Crippen LogP contribution in [0.2, 0.25) is 0 Å². The van der Waals surface area contributed by atoms with E-state index in [2.05, 4.69) is 16.4 Å². The highest BCUT2D eigenvalue weighted by Gasteiger charge is 2.43. The third-order valence-electron chi connectivity index (χ3n) is 7.52. The van der Waals surface area contributed by atoms with Gasteiger partial charge >= 0.3 is 6.29 Å². The van der Waals surface area contributed by atoms with Gasteiger partial charge in [-0.3, -0.25) is 0 Å². The second-order valence-electron chi connectivity index (χ2n) is 9.53. The van der Waals surface area contributed by atoms with Crippen LogP contribution in [0.25, 0.3) is 5.83 Å². The number of allylic oxidation sites excluding steroid dienone is 1. The monoisotopic (exact) mass is 440 g/mol. The van der Waals surface area contributed by atoms with Crippen LogP contribution < -0.4 is 9.47 Å². The summed E-state index contributed by atoms with van der Waals surface area (Å²) in [7, 11) is 0. The summed E-state index contributed by atoms with van der Waals surface area (Å²) in [4.78, 5) is 0. The van der Waals surface area contributed by atoms with Crippen molar-refractivity contribution in [2.45, 2.75) is 83.8 Å². The minimum atomic E-state index is -3.77. The van der Waals surface area contributed by atoms with Gasteiger partial charge in [0.25, 0.3) is 0 Å². The van der Waals surface area contributed by atoms with Crippen LogP contribution in [0.3, 0.4) is 0 Å². The molecule has 2 aliphatic carbocycles. The number of halogens is 4. The molecule has 4 rings (SSSR count). The number of unbranched alkanes of at least 4 members (excludes halogenated alkanes) is 1. The molecule has 3 aliphatic rings. The SMILES string of the molecule is CCCCC1CCC(C2CCC(/C(F)=C(\F)c3ccc4c(c3)OC(F)(F)O4)CC2)CC1. The molecule has 172 valence electrons. The first kappa shape index (κ1) is 22.5. The Kier molecular flexibility index (Phi) is 6.83. The van der Waals surface area contributed by atoms with Crippen LogP contribution in [0.5, 0.6) is 11.5 Å². The molecule has 0 spiro atoms. The van der Waals surface area contributed by atoms with Gasteiger partial charge in [0.1, 0.15) is 5.83 Å². The van der Waals surface area contributed by atoms with E-state index in [0.717, 1.165) is 30.7 Å². The Balaban J connectivity index is 1.32. The van der Waals surface area contributed by atoms with E-state index in [0.29, 0.717) is 18.8 Å². The molecule has 0 bridgehead atoms. The van der Waals surface area contributed by atoms with Crippen molar-refractivity contribution >= 4 is 5.83 Å². The summed E-state index contributed by atoms with van der Waals surface area (Å²) in [5, 5.41) is 0. The zero-order valence-electron chi connectivity index (χ0n) is 18.1. The Labute approximate surface area is 182 Å². The lowest BCUT2D eigenvalue weighted by molar-refractivity contribution is -0.286. The number of ether oxygens (including phenoxy) is 2. The van der Waals surface area contributed by atoms with Gasteiger partial charge in [-0.25, -0.2) is 8.78 Å². The molecule has 1 aliphatic heterocycles. The maximum atomic E-state index is 14.9. The quantitative estimate of drug-likeness (QED) is 0.413. The molecular weight excluding hydrogens is 408 g/mol. The number of fused-ring (bicyclic) bond motifs is 1. The topological polar surface area (TPSA) is 18.5 Å². The van der Waals surface area contributed by atoms with Crippen molar-refractivity contribution in [3.05, 3.63) is 29.6 Å². The largest absolute Gasteiger partial charge is 0.586 e. The van der Waals surface area contributed by atoms with E-state index in [1.807, 2.05) is 0 Å². The highest BCUT2D eigenvalue weighted by Crippen LogP contribution is 2.46. The van der Waals surface area contributed by atoms with Gasteiger partial charge in [0.15, 0.2) is 17.3 Å². The van der Waals surface area contributed by atoms with Gasteiger partial charge in [-0.05, 0) is 74.5 Å². The average molecular weight is 441 g/mol. The van der Waals surface area contributed by atoms with E-state index in [9.17, 15) is 17.6 Å². The van der Waals surface area contributed by atoms with Crippen LogP contribution in [-0.4, -0.2) is 6.29 Å². The first-order valence-electron chi connectivity index (χ1n) is 11.8. The molecule has 2 nitrogen and oxygen atoms in total. The minimum Gasteiger partial charge on any atom is -0.395 e. The number of hydrogen-bond acceptors (Lipinski definition) is 2. The summed E-state index contributed by atoms with van der Waals surface area (Å²) >= 11 is 0. The molecule has 1 aromatic carbocycles. The second-order valence-corrected chi connectivity index (χ2v) is 9.53. The Morgan fingerprint density at radius 1 is 0.903 bits per heavy atom. The summed E-state index contributed by atoms with van der Waals surface area (Å²) in [6.07, 6.45) is 8.50. The molecule has 0 atom stereocenters. The summed E-state index contributed by atoms with van der Waals surface area (Å²) < 4.78 is 64.7. The molecule has 0 radical (unpaired) electrons.